The van der Waals surface area contributed by atoms with Gasteiger partial charge in [0, 0.05) is 32.7 Å². The lowest BCUT2D eigenvalue weighted by atomic mass is 10.0. The standard InChI is InChI=1S/C22H29N3O2/c1-24(16-17-27-21-10-6-3-7-11-21)22(26)23-20-12-14-25(15-13-20)18-19-8-4-2-5-9-19/h2-11,20H,12-18H2,1H3,(H,23,26). The summed E-state index contributed by atoms with van der Waals surface area (Å²) in [5, 5.41) is 3.16. The van der Waals surface area contributed by atoms with E-state index in [-0.39, 0.29) is 12.1 Å². The highest BCUT2D eigenvalue weighted by atomic mass is 16.5. The Hall–Kier alpha value is -2.53. The molecule has 1 fully saturated rings. The SMILES string of the molecule is CN(CCOc1ccccc1)C(=O)NC1CCN(Cc2ccccc2)CC1. The lowest BCUT2D eigenvalue weighted by Gasteiger charge is -2.33. The Kier molecular flexibility index (Phi) is 7.11. The number of rotatable bonds is 7. The zero-order valence-electron chi connectivity index (χ0n) is 16.0. The Bertz CT molecular complexity index is 685. The van der Waals surface area contributed by atoms with E-state index in [1.807, 2.05) is 43.4 Å². The number of likely N-dealkylation sites (N-methyl/N-ethyl adjacent to an activating group) is 1. The average Bonchev–Trinajstić information content (AvgIpc) is 2.71. The molecule has 1 aliphatic rings. The van der Waals surface area contributed by atoms with Crippen molar-refractivity contribution in [2.75, 3.05) is 33.3 Å². The maximum atomic E-state index is 12.4. The number of nitrogens with one attached hydrogen (secondary N) is 1. The van der Waals surface area contributed by atoms with Crippen LogP contribution in [0.3, 0.4) is 0 Å². The molecular formula is C22H29N3O2. The topological polar surface area (TPSA) is 44.8 Å². The molecule has 1 aliphatic heterocycles. The minimum absolute atomic E-state index is 0.0202. The molecule has 2 aromatic rings. The zero-order chi connectivity index (χ0) is 18.9. The first-order chi connectivity index (χ1) is 13.2. The van der Waals surface area contributed by atoms with E-state index in [9.17, 15) is 4.79 Å². The monoisotopic (exact) mass is 367 g/mol. The summed E-state index contributed by atoms with van der Waals surface area (Å²) in [5.41, 5.74) is 1.35. The summed E-state index contributed by atoms with van der Waals surface area (Å²) >= 11 is 0. The van der Waals surface area contributed by atoms with Gasteiger partial charge in [-0.1, -0.05) is 48.5 Å². The van der Waals surface area contributed by atoms with Gasteiger partial charge in [-0.15, -0.1) is 0 Å². The van der Waals surface area contributed by atoms with Crippen molar-refractivity contribution < 1.29 is 9.53 Å². The highest BCUT2D eigenvalue weighted by Crippen LogP contribution is 2.14. The largest absolute Gasteiger partial charge is 0.492 e. The molecule has 0 spiro atoms. The van der Waals surface area contributed by atoms with Crippen LogP contribution in [0.4, 0.5) is 4.79 Å². The van der Waals surface area contributed by atoms with E-state index in [1.165, 1.54) is 5.56 Å². The number of carbonyl (C=O) groups excluding carboxylic acids is 1. The number of benzene rings is 2. The van der Waals surface area contributed by atoms with Crippen LogP contribution in [-0.4, -0.2) is 55.2 Å². The molecule has 5 heteroatoms. The first-order valence-corrected chi connectivity index (χ1v) is 9.66. The van der Waals surface area contributed by atoms with E-state index in [0.717, 1.165) is 38.2 Å². The number of amides is 2. The lowest BCUT2D eigenvalue weighted by molar-refractivity contribution is 0.169. The van der Waals surface area contributed by atoms with Crippen LogP contribution >= 0.6 is 0 Å². The number of hydrogen-bond acceptors (Lipinski definition) is 3. The average molecular weight is 367 g/mol. The summed E-state index contributed by atoms with van der Waals surface area (Å²) in [7, 11) is 1.81. The third kappa shape index (κ3) is 6.29. The van der Waals surface area contributed by atoms with E-state index in [0.29, 0.717) is 13.2 Å². The molecule has 3 rings (SSSR count). The lowest BCUT2D eigenvalue weighted by Crippen LogP contribution is -2.48. The number of hydrogen-bond donors (Lipinski definition) is 1. The fourth-order valence-electron chi connectivity index (χ4n) is 3.28. The first-order valence-electron chi connectivity index (χ1n) is 9.66. The number of piperidine rings is 1. The van der Waals surface area contributed by atoms with E-state index >= 15 is 0 Å². The van der Waals surface area contributed by atoms with Crippen LogP contribution in [-0.2, 0) is 6.54 Å². The Morgan fingerprint density at radius 2 is 1.70 bits per heavy atom. The van der Waals surface area contributed by atoms with Crippen molar-refractivity contribution in [2.24, 2.45) is 0 Å². The predicted molar refractivity (Wildman–Crippen MR) is 108 cm³/mol. The molecule has 0 atom stereocenters. The van der Waals surface area contributed by atoms with Gasteiger partial charge in [-0.2, -0.15) is 0 Å². The van der Waals surface area contributed by atoms with Crippen molar-refractivity contribution in [3.8, 4) is 5.75 Å². The molecule has 0 aromatic heterocycles. The maximum Gasteiger partial charge on any atom is 0.317 e. The number of nitrogens with zero attached hydrogens (tertiary/aromatic N) is 2. The molecule has 0 unspecified atom stereocenters. The van der Waals surface area contributed by atoms with Crippen LogP contribution in [0.15, 0.2) is 60.7 Å². The minimum atomic E-state index is -0.0202. The van der Waals surface area contributed by atoms with E-state index in [4.69, 9.17) is 4.74 Å². The number of ether oxygens (including phenoxy) is 1. The van der Waals surface area contributed by atoms with Gasteiger partial charge in [0.15, 0.2) is 0 Å². The van der Waals surface area contributed by atoms with Crippen LogP contribution in [0.2, 0.25) is 0 Å². The van der Waals surface area contributed by atoms with Gasteiger partial charge in [-0.05, 0) is 30.5 Å². The van der Waals surface area contributed by atoms with Gasteiger partial charge in [0.1, 0.15) is 12.4 Å². The van der Waals surface area contributed by atoms with Crippen molar-refractivity contribution in [1.29, 1.82) is 0 Å². The van der Waals surface area contributed by atoms with Gasteiger partial charge in [0.05, 0.1) is 6.54 Å². The summed E-state index contributed by atoms with van der Waals surface area (Å²) in [6, 6.07) is 20.5. The molecule has 0 radical (unpaired) electrons. The van der Waals surface area contributed by atoms with Crippen molar-refractivity contribution >= 4 is 6.03 Å². The van der Waals surface area contributed by atoms with Gasteiger partial charge in [-0.25, -0.2) is 4.79 Å². The van der Waals surface area contributed by atoms with Crippen molar-refractivity contribution in [2.45, 2.75) is 25.4 Å². The molecule has 1 saturated heterocycles. The van der Waals surface area contributed by atoms with Gasteiger partial charge in [0.2, 0.25) is 0 Å². The molecular weight excluding hydrogens is 338 g/mol. The molecule has 0 saturated carbocycles. The Morgan fingerprint density at radius 3 is 2.37 bits per heavy atom. The molecule has 27 heavy (non-hydrogen) atoms. The van der Waals surface area contributed by atoms with E-state index < -0.39 is 0 Å². The second-order valence-electron chi connectivity index (χ2n) is 7.07. The highest BCUT2D eigenvalue weighted by Gasteiger charge is 2.21. The van der Waals surface area contributed by atoms with Crippen molar-refractivity contribution in [3.63, 3.8) is 0 Å². The van der Waals surface area contributed by atoms with Crippen LogP contribution in [0.5, 0.6) is 5.75 Å². The predicted octanol–water partition coefficient (Wildman–Crippen LogP) is 3.37. The van der Waals surface area contributed by atoms with Crippen LogP contribution in [0.25, 0.3) is 0 Å². The smallest absolute Gasteiger partial charge is 0.317 e. The Balaban J connectivity index is 1.33. The van der Waals surface area contributed by atoms with Crippen LogP contribution in [0, 0.1) is 0 Å². The summed E-state index contributed by atoms with van der Waals surface area (Å²) in [5.74, 6) is 0.831. The van der Waals surface area contributed by atoms with Crippen LogP contribution in [0.1, 0.15) is 18.4 Å². The van der Waals surface area contributed by atoms with Gasteiger partial charge in [0.25, 0.3) is 0 Å². The highest BCUT2D eigenvalue weighted by molar-refractivity contribution is 5.74. The second kappa shape index (κ2) is 9.97. The molecule has 144 valence electrons. The zero-order valence-corrected chi connectivity index (χ0v) is 16.0. The molecule has 2 aromatic carbocycles. The molecule has 1 N–H and O–H groups in total. The maximum absolute atomic E-state index is 12.4. The summed E-state index contributed by atoms with van der Waals surface area (Å²) in [6.07, 6.45) is 1.99. The molecule has 1 heterocycles. The summed E-state index contributed by atoms with van der Waals surface area (Å²) in [4.78, 5) is 16.5. The first kappa shape index (κ1) is 19.2. The molecule has 0 aliphatic carbocycles. The number of urea groups is 1. The fraction of sp³-hybridized carbons (Fsp3) is 0.409. The molecule has 5 nitrogen and oxygen atoms in total. The number of carbonyl (C=O) groups is 1. The second-order valence-corrected chi connectivity index (χ2v) is 7.07. The Labute approximate surface area is 161 Å². The van der Waals surface area contributed by atoms with E-state index in [1.54, 1.807) is 4.90 Å². The van der Waals surface area contributed by atoms with Crippen molar-refractivity contribution in [3.05, 3.63) is 66.2 Å². The summed E-state index contributed by atoms with van der Waals surface area (Å²) < 4.78 is 5.66. The van der Waals surface area contributed by atoms with Crippen LogP contribution < -0.4 is 10.1 Å². The Morgan fingerprint density at radius 1 is 1.07 bits per heavy atom. The summed E-state index contributed by atoms with van der Waals surface area (Å²) in [6.45, 7) is 4.07. The van der Waals surface area contributed by atoms with Gasteiger partial charge < -0.3 is 15.0 Å². The minimum Gasteiger partial charge on any atom is -0.492 e. The number of para-hydroxylation sites is 1. The fourth-order valence-corrected chi connectivity index (χ4v) is 3.28. The number of likely N-dealkylation sites (tertiary alicyclic amines) is 1. The third-order valence-corrected chi connectivity index (χ3v) is 4.95. The van der Waals surface area contributed by atoms with Gasteiger partial charge >= 0.3 is 6.03 Å². The normalized spacial score (nSPS) is 15.3. The molecule has 0 bridgehead atoms. The van der Waals surface area contributed by atoms with Crippen molar-refractivity contribution in [1.82, 2.24) is 15.1 Å². The molecule has 2 amide bonds. The van der Waals surface area contributed by atoms with E-state index in [2.05, 4.69) is 34.5 Å². The third-order valence-electron chi connectivity index (χ3n) is 4.95. The quantitative estimate of drug-likeness (QED) is 0.816. The van der Waals surface area contributed by atoms with Gasteiger partial charge in [-0.3, -0.25) is 4.90 Å².